The van der Waals surface area contributed by atoms with Crippen LogP contribution in [0.5, 0.6) is 0 Å². The van der Waals surface area contributed by atoms with Crippen LogP contribution in [0.4, 0.5) is 0 Å². The highest BCUT2D eigenvalue weighted by Crippen LogP contribution is 2.21. The first-order valence-electron chi connectivity index (χ1n) is 6.66. The van der Waals surface area contributed by atoms with Crippen LogP contribution in [0.25, 0.3) is 0 Å². The molecule has 1 atom stereocenters. The molecular weight excluding hydrogens is 238 g/mol. The molecule has 1 aromatic carbocycles. The van der Waals surface area contributed by atoms with E-state index >= 15 is 0 Å². The van der Waals surface area contributed by atoms with Crippen LogP contribution in [0.3, 0.4) is 0 Å². The second-order valence-corrected chi connectivity index (χ2v) is 5.32. The van der Waals surface area contributed by atoms with Gasteiger partial charge in [-0.05, 0) is 52.9 Å². The van der Waals surface area contributed by atoms with E-state index in [1.165, 1.54) is 16.7 Å². The molecule has 1 unspecified atom stereocenters. The predicted octanol–water partition coefficient (Wildman–Crippen LogP) is 4.20. The number of aryl methyl sites for hydroxylation is 1. The van der Waals surface area contributed by atoms with Crippen LogP contribution >= 0.6 is 11.3 Å². The molecule has 18 heavy (non-hydrogen) atoms. The molecule has 0 aliphatic heterocycles. The van der Waals surface area contributed by atoms with Gasteiger partial charge in [0.1, 0.15) is 0 Å². The lowest BCUT2D eigenvalue weighted by Crippen LogP contribution is -2.22. The number of benzene rings is 1. The minimum absolute atomic E-state index is 0.427. The van der Waals surface area contributed by atoms with Gasteiger partial charge in [0.05, 0.1) is 0 Å². The van der Waals surface area contributed by atoms with Gasteiger partial charge in [-0.25, -0.2) is 0 Å². The van der Waals surface area contributed by atoms with E-state index in [0.717, 1.165) is 19.4 Å². The molecule has 0 bridgehead atoms. The minimum atomic E-state index is 0.427. The predicted molar refractivity (Wildman–Crippen MR) is 80.3 cm³/mol. The Hall–Kier alpha value is -1.12. The van der Waals surface area contributed by atoms with Crippen LogP contribution in [0.15, 0.2) is 41.1 Å². The van der Waals surface area contributed by atoms with Crippen LogP contribution in [0, 0.1) is 0 Å². The quantitative estimate of drug-likeness (QED) is 0.819. The molecule has 1 N–H and O–H groups in total. The summed E-state index contributed by atoms with van der Waals surface area (Å²) < 4.78 is 0. The number of likely N-dealkylation sites (N-methyl/N-ethyl adjacent to an activating group) is 1. The average molecular weight is 259 g/mol. The maximum atomic E-state index is 3.59. The number of nitrogens with one attached hydrogen (secondary N) is 1. The molecule has 2 rings (SSSR count). The van der Waals surface area contributed by atoms with Gasteiger partial charge in [0, 0.05) is 6.04 Å². The zero-order valence-corrected chi connectivity index (χ0v) is 12.0. The van der Waals surface area contributed by atoms with Crippen LogP contribution in [0.2, 0.25) is 0 Å². The molecule has 0 aliphatic carbocycles. The molecule has 2 aromatic rings. The van der Waals surface area contributed by atoms with Crippen molar-refractivity contribution in [2.45, 2.75) is 32.7 Å². The average Bonchev–Trinajstić information content (AvgIpc) is 2.91. The Labute approximate surface area is 114 Å². The molecule has 0 fully saturated rings. The summed E-state index contributed by atoms with van der Waals surface area (Å²) in [6, 6.07) is 11.6. The molecule has 1 aromatic heterocycles. The van der Waals surface area contributed by atoms with Crippen molar-refractivity contribution in [1.82, 2.24) is 5.32 Å². The minimum Gasteiger partial charge on any atom is -0.310 e. The maximum Gasteiger partial charge on any atom is 0.0361 e. The first kappa shape index (κ1) is 13.3. The fraction of sp³-hybridized carbons (Fsp3) is 0.375. The van der Waals surface area contributed by atoms with Gasteiger partial charge in [-0.3, -0.25) is 0 Å². The van der Waals surface area contributed by atoms with E-state index in [9.17, 15) is 0 Å². The molecule has 0 aliphatic rings. The Morgan fingerprint density at radius 3 is 2.72 bits per heavy atom. The molecule has 0 saturated heterocycles. The van der Waals surface area contributed by atoms with Gasteiger partial charge in [-0.1, -0.05) is 38.1 Å². The van der Waals surface area contributed by atoms with Gasteiger partial charge in [0.25, 0.3) is 0 Å². The lowest BCUT2D eigenvalue weighted by atomic mass is 9.98. The highest BCUT2D eigenvalue weighted by Gasteiger charge is 2.11. The largest absolute Gasteiger partial charge is 0.310 e. The van der Waals surface area contributed by atoms with E-state index in [1.807, 2.05) is 0 Å². The van der Waals surface area contributed by atoms with Crippen molar-refractivity contribution < 1.29 is 0 Å². The molecule has 1 heterocycles. The van der Waals surface area contributed by atoms with E-state index < -0.39 is 0 Å². The number of hydrogen-bond acceptors (Lipinski definition) is 2. The van der Waals surface area contributed by atoms with Crippen molar-refractivity contribution in [2.24, 2.45) is 0 Å². The molecule has 0 radical (unpaired) electrons. The van der Waals surface area contributed by atoms with Crippen LogP contribution in [0.1, 0.15) is 36.6 Å². The zero-order valence-electron chi connectivity index (χ0n) is 11.1. The first-order valence-corrected chi connectivity index (χ1v) is 7.61. The van der Waals surface area contributed by atoms with E-state index in [-0.39, 0.29) is 0 Å². The van der Waals surface area contributed by atoms with Gasteiger partial charge in [0.15, 0.2) is 0 Å². The van der Waals surface area contributed by atoms with E-state index in [1.54, 1.807) is 11.3 Å². The van der Waals surface area contributed by atoms with Crippen molar-refractivity contribution in [3.8, 4) is 0 Å². The summed E-state index contributed by atoms with van der Waals surface area (Å²) in [4.78, 5) is 0. The van der Waals surface area contributed by atoms with Crippen molar-refractivity contribution in [1.29, 1.82) is 0 Å². The lowest BCUT2D eigenvalue weighted by molar-refractivity contribution is 0.550. The zero-order chi connectivity index (χ0) is 12.8. The molecule has 0 saturated carbocycles. The summed E-state index contributed by atoms with van der Waals surface area (Å²) in [5.74, 6) is 0. The van der Waals surface area contributed by atoms with Crippen molar-refractivity contribution in [3.63, 3.8) is 0 Å². The molecule has 0 amide bonds. The first-order chi connectivity index (χ1) is 8.83. The van der Waals surface area contributed by atoms with E-state index in [0.29, 0.717) is 6.04 Å². The van der Waals surface area contributed by atoms with Crippen LogP contribution in [-0.4, -0.2) is 6.54 Å². The number of thiophene rings is 1. The molecule has 0 spiro atoms. The maximum absolute atomic E-state index is 3.59. The van der Waals surface area contributed by atoms with Crippen molar-refractivity contribution >= 4 is 11.3 Å². The monoisotopic (exact) mass is 259 g/mol. The SMILES string of the molecule is CCNC(Cc1ccsc1)c1cccc(CC)c1. The summed E-state index contributed by atoms with van der Waals surface area (Å²) in [7, 11) is 0. The third kappa shape index (κ3) is 3.44. The normalized spacial score (nSPS) is 12.6. The van der Waals surface area contributed by atoms with Crippen molar-refractivity contribution in [2.75, 3.05) is 6.54 Å². The lowest BCUT2D eigenvalue weighted by Gasteiger charge is -2.18. The Kier molecular flexibility index (Phi) is 4.97. The second-order valence-electron chi connectivity index (χ2n) is 4.54. The third-order valence-electron chi connectivity index (χ3n) is 3.23. The van der Waals surface area contributed by atoms with E-state index in [4.69, 9.17) is 0 Å². The topological polar surface area (TPSA) is 12.0 Å². The van der Waals surface area contributed by atoms with Gasteiger partial charge < -0.3 is 5.32 Å². The molecular formula is C16H21NS. The summed E-state index contributed by atoms with van der Waals surface area (Å²) in [6.45, 7) is 5.38. The fourth-order valence-electron chi connectivity index (χ4n) is 2.23. The third-order valence-corrected chi connectivity index (χ3v) is 3.96. The Morgan fingerprint density at radius 1 is 1.17 bits per heavy atom. The fourth-order valence-corrected chi connectivity index (χ4v) is 2.91. The number of rotatable bonds is 6. The second kappa shape index (κ2) is 6.72. The van der Waals surface area contributed by atoms with Gasteiger partial charge in [-0.2, -0.15) is 11.3 Å². The highest BCUT2D eigenvalue weighted by atomic mass is 32.1. The van der Waals surface area contributed by atoms with Gasteiger partial charge in [0.2, 0.25) is 0 Å². The summed E-state index contributed by atoms with van der Waals surface area (Å²) in [5.41, 5.74) is 4.25. The highest BCUT2D eigenvalue weighted by molar-refractivity contribution is 7.07. The summed E-state index contributed by atoms with van der Waals surface area (Å²) in [5, 5.41) is 7.99. The van der Waals surface area contributed by atoms with Crippen LogP contribution in [-0.2, 0) is 12.8 Å². The Morgan fingerprint density at radius 2 is 2.06 bits per heavy atom. The summed E-state index contributed by atoms with van der Waals surface area (Å²) in [6.07, 6.45) is 2.18. The van der Waals surface area contributed by atoms with Gasteiger partial charge >= 0.3 is 0 Å². The smallest absolute Gasteiger partial charge is 0.0361 e. The molecule has 1 nitrogen and oxygen atoms in total. The van der Waals surface area contributed by atoms with Crippen LogP contribution < -0.4 is 5.32 Å². The van der Waals surface area contributed by atoms with E-state index in [2.05, 4.69) is 60.3 Å². The standard InChI is InChI=1S/C16H21NS/c1-3-13-6-5-7-15(10-13)16(17-4-2)11-14-8-9-18-12-14/h5-10,12,16-17H,3-4,11H2,1-2H3. The Bertz CT molecular complexity index is 462. The number of hydrogen-bond donors (Lipinski definition) is 1. The van der Waals surface area contributed by atoms with Crippen molar-refractivity contribution in [3.05, 3.63) is 57.8 Å². The van der Waals surface area contributed by atoms with Gasteiger partial charge in [-0.15, -0.1) is 0 Å². The molecule has 2 heteroatoms. The molecule has 96 valence electrons. The Balaban J connectivity index is 2.17. The summed E-state index contributed by atoms with van der Waals surface area (Å²) >= 11 is 1.77.